The number of carbonyl (C=O) groups is 3. The number of benzene rings is 3. The Labute approximate surface area is 226 Å². The number of hydrogen-bond acceptors (Lipinski definition) is 5. The van der Waals surface area contributed by atoms with Gasteiger partial charge in [0.25, 0.3) is 11.8 Å². The fraction of sp³-hybridized carbons (Fsp3) is 0.107. The van der Waals surface area contributed by atoms with Crippen LogP contribution in [0.25, 0.3) is 6.08 Å². The highest BCUT2D eigenvalue weighted by Gasteiger charge is 2.36. The van der Waals surface area contributed by atoms with Crippen molar-refractivity contribution in [2.24, 2.45) is 0 Å². The van der Waals surface area contributed by atoms with Gasteiger partial charge in [0.15, 0.2) is 11.5 Å². The van der Waals surface area contributed by atoms with Crippen molar-refractivity contribution >= 4 is 52.2 Å². The number of hydrogen-bond donors (Lipinski definition) is 1. The summed E-state index contributed by atoms with van der Waals surface area (Å²) in [4.78, 5) is 38.9. The average molecular weight is 612 g/mol. The first-order chi connectivity index (χ1) is 17.8. The number of allylic oxidation sites excluding steroid dienone is 1. The highest BCUT2D eigenvalue weighted by atomic mass is 127. The van der Waals surface area contributed by atoms with E-state index in [1.54, 1.807) is 18.2 Å². The number of anilines is 1. The summed E-state index contributed by atoms with van der Waals surface area (Å²) in [6.07, 6.45) is 3.52. The highest BCUT2D eigenvalue weighted by Crippen LogP contribution is 2.35. The van der Waals surface area contributed by atoms with Crippen LogP contribution in [0.3, 0.4) is 0 Å². The summed E-state index contributed by atoms with van der Waals surface area (Å²) < 4.78 is 26.1. The molecule has 1 saturated heterocycles. The van der Waals surface area contributed by atoms with Crippen LogP contribution in [0, 0.1) is 9.39 Å². The lowest BCUT2D eigenvalue weighted by Crippen LogP contribution is -2.54. The maximum atomic E-state index is 13.3. The van der Waals surface area contributed by atoms with E-state index in [1.807, 2.05) is 24.3 Å². The number of carbonyl (C=O) groups excluding carboxylic acids is 3. The van der Waals surface area contributed by atoms with Gasteiger partial charge in [0.05, 0.1) is 12.8 Å². The number of imide groups is 2. The topological polar surface area (TPSA) is 84.9 Å². The van der Waals surface area contributed by atoms with Crippen LogP contribution in [0.2, 0.25) is 0 Å². The van der Waals surface area contributed by atoms with Crippen molar-refractivity contribution < 1.29 is 28.2 Å². The molecule has 0 aromatic heterocycles. The molecule has 0 radical (unpaired) electrons. The zero-order valence-corrected chi connectivity index (χ0v) is 22.0. The molecule has 0 bridgehead atoms. The number of nitrogens with one attached hydrogen (secondary N) is 1. The molecule has 1 aliphatic heterocycles. The van der Waals surface area contributed by atoms with Crippen LogP contribution in [0.4, 0.5) is 14.9 Å². The van der Waals surface area contributed by atoms with Crippen molar-refractivity contribution in [1.82, 2.24) is 5.32 Å². The standard InChI is InChI=1S/C28H22FIN2O5/c1-3-4-19-13-18(15-24(36-2)25(19)37-16-17-5-9-21(30)10-6-17)14-23-26(33)31-28(35)32(27(23)34)22-11-7-20(29)8-12-22/h3,5-15H,1,4,16H2,2H3,(H,31,33,35)/b23-14+. The average Bonchev–Trinajstić information content (AvgIpc) is 2.88. The van der Waals surface area contributed by atoms with E-state index in [0.717, 1.165) is 31.7 Å². The number of amides is 4. The third kappa shape index (κ3) is 5.88. The van der Waals surface area contributed by atoms with Crippen molar-refractivity contribution in [3.8, 4) is 11.5 Å². The van der Waals surface area contributed by atoms with Crippen LogP contribution in [0.15, 0.2) is 78.9 Å². The molecular weight excluding hydrogens is 590 g/mol. The first kappa shape index (κ1) is 26.1. The predicted octanol–water partition coefficient (Wildman–Crippen LogP) is 5.41. The summed E-state index contributed by atoms with van der Waals surface area (Å²) in [7, 11) is 1.50. The fourth-order valence-corrected chi connectivity index (χ4v) is 4.13. The van der Waals surface area contributed by atoms with Gasteiger partial charge >= 0.3 is 6.03 Å². The van der Waals surface area contributed by atoms with E-state index >= 15 is 0 Å². The number of barbiturate groups is 1. The van der Waals surface area contributed by atoms with Gasteiger partial charge in [-0.05, 0) is 94.7 Å². The number of nitrogens with zero attached hydrogens (tertiary/aromatic N) is 1. The Morgan fingerprint density at radius 3 is 2.41 bits per heavy atom. The summed E-state index contributed by atoms with van der Waals surface area (Å²) in [5, 5.41) is 2.16. The largest absolute Gasteiger partial charge is 0.493 e. The second kappa shape index (κ2) is 11.4. The Morgan fingerprint density at radius 2 is 1.76 bits per heavy atom. The Balaban J connectivity index is 1.69. The fourth-order valence-electron chi connectivity index (χ4n) is 3.77. The Kier molecular flexibility index (Phi) is 8.02. The lowest BCUT2D eigenvalue weighted by molar-refractivity contribution is -0.122. The molecule has 4 amide bonds. The van der Waals surface area contributed by atoms with E-state index in [2.05, 4.69) is 34.5 Å². The molecule has 4 rings (SSSR count). The van der Waals surface area contributed by atoms with Gasteiger partial charge in [-0.25, -0.2) is 14.1 Å². The summed E-state index contributed by atoms with van der Waals surface area (Å²) >= 11 is 2.23. The van der Waals surface area contributed by atoms with Gasteiger partial charge in [0.2, 0.25) is 0 Å². The molecule has 7 nitrogen and oxygen atoms in total. The van der Waals surface area contributed by atoms with Crippen molar-refractivity contribution in [2.45, 2.75) is 13.0 Å². The first-order valence-corrected chi connectivity index (χ1v) is 12.2. The number of urea groups is 1. The molecule has 3 aromatic rings. The van der Waals surface area contributed by atoms with Gasteiger partial charge in [-0.1, -0.05) is 18.2 Å². The summed E-state index contributed by atoms with van der Waals surface area (Å²) in [6.45, 7) is 4.12. The van der Waals surface area contributed by atoms with E-state index < -0.39 is 23.7 Å². The number of methoxy groups -OCH3 is 1. The minimum Gasteiger partial charge on any atom is -0.493 e. The van der Waals surface area contributed by atoms with Gasteiger partial charge in [-0.3, -0.25) is 14.9 Å². The van der Waals surface area contributed by atoms with Crippen molar-refractivity contribution in [3.63, 3.8) is 0 Å². The monoisotopic (exact) mass is 612 g/mol. The predicted molar refractivity (Wildman–Crippen MR) is 146 cm³/mol. The summed E-state index contributed by atoms with van der Waals surface area (Å²) in [5.74, 6) is -1.26. The maximum absolute atomic E-state index is 13.3. The molecule has 1 fully saturated rings. The molecule has 188 valence electrons. The van der Waals surface area contributed by atoms with E-state index in [1.165, 1.54) is 25.3 Å². The first-order valence-electron chi connectivity index (χ1n) is 11.2. The third-order valence-electron chi connectivity index (χ3n) is 5.53. The van der Waals surface area contributed by atoms with E-state index in [4.69, 9.17) is 9.47 Å². The minimum absolute atomic E-state index is 0.131. The molecule has 0 unspecified atom stereocenters. The molecular formula is C28H22FIN2O5. The Hall–Kier alpha value is -3.99. The van der Waals surface area contributed by atoms with E-state index in [9.17, 15) is 18.8 Å². The van der Waals surface area contributed by atoms with Gasteiger partial charge in [0, 0.05) is 9.13 Å². The molecule has 0 saturated carbocycles. The SMILES string of the molecule is C=CCc1cc(/C=C2\C(=O)NC(=O)N(c3ccc(F)cc3)C2=O)cc(OC)c1OCc1ccc(I)cc1. The molecule has 0 spiro atoms. The molecule has 9 heteroatoms. The Bertz CT molecular complexity index is 1400. The van der Waals surface area contributed by atoms with Crippen LogP contribution in [0.1, 0.15) is 16.7 Å². The smallest absolute Gasteiger partial charge is 0.335 e. The maximum Gasteiger partial charge on any atom is 0.335 e. The molecule has 1 heterocycles. The summed E-state index contributed by atoms with van der Waals surface area (Å²) in [6, 6.07) is 15.2. The number of ether oxygens (including phenoxy) is 2. The van der Waals surface area contributed by atoms with Gasteiger partial charge < -0.3 is 9.47 Å². The summed E-state index contributed by atoms with van der Waals surface area (Å²) in [5.41, 5.74) is 2.08. The molecule has 1 aliphatic rings. The van der Waals surface area contributed by atoms with Crippen molar-refractivity contribution in [2.75, 3.05) is 12.0 Å². The van der Waals surface area contributed by atoms with Crippen molar-refractivity contribution in [1.29, 1.82) is 0 Å². The van der Waals surface area contributed by atoms with Crippen LogP contribution in [-0.4, -0.2) is 25.0 Å². The zero-order chi connectivity index (χ0) is 26.5. The second-order valence-electron chi connectivity index (χ2n) is 8.05. The van der Waals surface area contributed by atoms with Crippen LogP contribution < -0.4 is 19.7 Å². The zero-order valence-electron chi connectivity index (χ0n) is 19.8. The van der Waals surface area contributed by atoms with E-state index in [0.29, 0.717) is 30.1 Å². The molecule has 0 atom stereocenters. The highest BCUT2D eigenvalue weighted by molar-refractivity contribution is 14.1. The van der Waals surface area contributed by atoms with Gasteiger partial charge in [-0.2, -0.15) is 0 Å². The number of rotatable bonds is 8. The number of halogens is 2. The normalized spacial score (nSPS) is 14.5. The quantitative estimate of drug-likeness (QED) is 0.159. The minimum atomic E-state index is -0.914. The lowest BCUT2D eigenvalue weighted by Gasteiger charge is -2.26. The van der Waals surface area contributed by atoms with Gasteiger partial charge in [-0.15, -0.1) is 6.58 Å². The molecule has 0 aliphatic carbocycles. The molecule has 1 N–H and O–H groups in total. The molecule has 3 aromatic carbocycles. The van der Waals surface area contributed by atoms with E-state index in [-0.39, 0.29) is 11.3 Å². The van der Waals surface area contributed by atoms with Crippen LogP contribution in [0.5, 0.6) is 11.5 Å². The second-order valence-corrected chi connectivity index (χ2v) is 9.30. The Morgan fingerprint density at radius 1 is 1.05 bits per heavy atom. The van der Waals surface area contributed by atoms with Crippen molar-refractivity contribution in [3.05, 3.63) is 105 Å². The van der Waals surface area contributed by atoms with Gasteiger partial charge in [0.1, 0.15) is 18.0 Å². The van der Waals surface area contributed by atoms with Crippen LogP contribution >= 0.6 is 22.6 Å². The van der Waals surface area contributed by atoms with Crippen LogP contribution in [-0.2, 0) is 22.6 Å². The third-order valence-corrected chi connectivity index (χ3v) is 6.25. The lowest BCUT2D eigenvalue weighted by atomic mass is 10.0. The molecule has 37 heavy (non-hydrogen) atoms.